The summed E-state index contributed by atoms with van der Waals surface area (Å²) in [5.41, 5.74) is 2.97. The Morgan fingerprint density at radius 1 is 0.857 bits per heavy atom. The molecule has 4 aromatic rings. The van der Waals surface area contributed by atoms with E-state index < -0.39 is 0 Å². The van der Waals surface area contributed by atoms with Gasteiger partial charge in [0.05, 0.1) is 16.4 Å². The Balaban J connectivity index is 0.00000225. The van der Waals surface area contributed by atoms with Crippen LogP contribution >= 0.6 is 39.9 Å². The maximum absolute atomic E-state index is 13.1. The number of carbonyl (C=O) groups excluding carboxylic acids is 1. The number of para-hydroxylation sites is 1. The summed E-state index contributed by atoms with van der Waals surface area (Å²) in [6.07, 6.45) is 0. The van der Waals surface area contributed by atoms with Gasteiger partial charge in [0.1, 0.15) is 4.88 Å². The quantitative estimate of drug-likeness (QED) is 0.318. The SMILES string of the molecule is Br.O=C(c1ccccc1)c1sc(Nc2ccccc2Cl)nc1-c1ccccc1. The molecule has 4 rings (SSSR count). The van der Waals surface area contributed by atoms with Crippen LogP contribution < -0.4 is 5.32 Å². The maximum Gasteiger partial charge on any atom is 0.205 e. The summed E-state index contributed by atoms with van der Waals surface area (Å²) in [7, 11) is 0. The zero-order chi connectivity index (χ0) is 18.6. The van der Waals surface area contributed by atoms with Gasteiger partial charge in [0.15, 0.2) is 5.13 Å². The predicted molar refractivity (Wildman–Crippen MR) is 122 cm³/mol. The predicted octanol–water partition coefficient (Wildman–Crippen LogP) is 7.02. The van der Waals surface area contributed by atoms with Crippen molar-refractivity contribution in [2.45, 2.75) is 0 Å². The Kier molecular flexibility index (Phi) is 6.62. The van der Waals surface area contributed by atoms with Gasteiger partial charge in [-0.25, -0.2) is 4.98 Å². The van der Waals surface area contributed by atoms with E-state index in [-0.39, 0.29) is 22.8 Å². The van der Waals surface area contributed by atoms with Gasteiger partial charge in [-0.1, -0.05) is 95.7 Å². The number of ketones is 1. The second kappa shape index (κ2) is 9.15. The monoisotopic (exact) mass is 470 g/mol. The molecule has 0 radical (unpaired) electrons. The van der Waals surface area contributed by atoms with Gasteiger partial charge < -0.3 is 5.32 Å². The molecule has 0 saturated heterocycles. The largest absolute Gasteiger partial charge is 0.330 e. The lowest BCUT2D eigenvalue weighted by Gasteiger charge is -2.03. The third kappa shape index (κ3) is 4.33. The topological polar surface area (TPSA) is 42.0 Å². The van der Waals surface area contributed by atoms with E-state index in [0.29, 0.717) is 26.3 Å². The molecular formula is C22H16BrClN2OS. The first kappa shape index (κ1) is 20.3. The number of hydrogen-bond acceptors (Lipinski definition) is 4. The smallest absolute Gasteiger partial charge is 0.205 e. The normalized spacial score (nSPS) is 10.2. The minimum absolute atomic E-state index is 0. The molecule has 28 heavy (non-hydrogen) atoms. The summed E-state index contributed by atoms with van der Waals surface area (Å²) in [6.45, 7) is 0. The van der Waals surface area contributed by atoms with E-state index in [1.54, 1.807) is 0 Å². The first-order chi connectivity index (χ1) is 13.2. The fraction of sp³-hybridized carbons (Fsp3) is 0. The van der Waals surface area contributed by atoms with Crippen molar-refractivity contribution < 1.29 is 4.79 Å². The molecule has 1 aromatic heterocycles. The minimum atomic E-state index is -0.0424. The van der Waals surface area contributed by atoms with Gasteiger partial charge in [-0.2, -0.15) is 0 Å². The van der Waals surface area contributed by atoms with E-state index in [1.807, 2.05) is 84.9 Å². The van der Waals surface area contributed by atoms with E-state index in [9.17, 15) is 4.79 Å². The van der Waals surface area contributed by atoms with E-state index in [0.717, 1.165) is 11.3 Å². The van der Waals surface area contributed by atoms with Crippen LogP contribution in [0.1, 0.15) is 15.2 Å². The lowest BCUT2D eigenvalue weighted by molar-refractivity contribution is 0.104. The molecule has 1 heterocycles. The van der Waals surface area contributed by atoms with Crippen LogP contribution in [-0.4, -0.2) is 10.8 Å². The number of aromatic nitrogens is 1. The third-order valence-electron chi connectivity index (χ3n) is 4.03. The number of anilines is 2. The molecule has 3 aromatic carbocycles. The average molecular weight is 472 g/mol. The summed E-state index contributed by atoms with van der Waals surface area (Å²) < 4.78 is 0. The third-order valence-corrected chi connectivity index (χ3v) is 5.33. The number of carbonyl (C=O) groups is 1. The Labute approximate surface area is 182 Å². The minimum Gasteiger partial charge on any atom is -0.330 e. The van der Waals surface area contributed by atoms with Crippen LogP contribution in [0.4, 0.5) is 10.8 Å². The number of hydrogen-bond donors (Lipinski definition) is 1. The van der Waals surface area contributed by atoms with E-state index in [1.165, 1.54) is 11.3 Å². The van der Waals surface area contributed by atoms with Gasteiger partial charge in [0.2, 0.25) is 5.78 Å². The highest BCUT2D eigenvalue weighted by molar-refractivity contribution is 8.93. The van der Waals surface area contributed by atoms with Crippen LogP contribution in [0.15, 0.2) is 84.9 Å². The molecule has 1 N–H and O–H groups in total. The molecule has 0 atom stereocenters. The first-order valence-electron chi connectivity index (χ1n) is 8.40. The number of benzene rings is 3. The van der Waals surface area contributed by atoms with E-state index >= 15 is 0 Å². The van der Waals surface area contributed by atoms with Crippen LogP contribution in [0.25, 0.3) is 11.3 Å². The summed E-state index contributed by atoms with van der Waals surface area (Å²) in [5, 5.41) is 4.46. The van der Waals surface area contributed by atoms with Crippen molar-refractivity contribution in [1.82, 2.24) is 4.98 Å². The number of nitrogens with one attached hydrogen (secondary N) is 1. The lowest BCUT2D eigenvalue weighted by atomic mass is 10.1. The van der Waals surface area contributed by atoms with Crippen LogP contribution in [-0.2, 0) is 0 Å². The van der Waals surface area contributed by atoms with E-state index in [4.69, 9.17) is 16.6 Å². The molecule has 0 spiro atoms. The first-order valence-corrected chi connectivity index (χ1v) is 9.59. The van der Waals surface area contributed by atoms with Gasteiger partial charge >= 0.3 is 0 Å². The molecule has 0 aliphatic heterocycles. The standard InChI is InChI=1S/C22H15ClN2OS.BrH/c23-17-13-7-8-14-18(17)24-22-25-19(15-9-3-1-4-10-15)21(27-22)20(26)16-11-5-2-6-12-16;/h1-14H,(H,24,25);1H. The Morgan fingerprint density at radius 2 is 1.46 bits per heavy atom. The zero-order valence-electron chi connectivity index (χ0n) is 14.6. The molecule has 0 aliphatic rings. The second-order valence-corrected chi connectivity index (χ2v) is 7.27. The molecule has 6 heteroatoms. The molecule has 0 unspecified atom stereocenters. The Bertz CT molecular complexity index is 1080. The summed E-state index contributed by atoms with van der Waals surface area (Å²) >= 11 is 7.57. The fourth-order valence-corrected chi connectivity index (χ4v) is 3.86. The summed E-state index contributed by atoms with van der Waals surface area (Å²) in [4.78, 5) is 18.4. The lowest BCUT2D eigenvalue weighted by Crippen LogP contribution is -2.00. The van der Waals surface area contributed by atoms with Crippen molar-refractivity contribution in [2.24, 2.45) is 0 Å². The molecule has 0 fully saturated rings. The Morgan fingerprint density at radius 3 is 2.14 bits per heavy atom. The highest BCUT2D eigenvalue weighted by Gasteiger charge is 2.21. The zero-order valence-corrected chi connectivity index (χ0v) is 17.9. The number of nitrogens with zero attached hydrogens (tertiary/aromatic N) is 1. The molecule has 0 saturated carbocycles. The van der Waals surface area contributed by atoms with Crippen LogP contribution in [0.2, 0.25) is 5.02 Å². The highest BCUT2D eigenvalue weighted by Crippen LogP contribution is 2.35. The Hall–Kier alpha value is -2.47. The molecule has 140 valence electrons. The fourth-order valence-electron chi connectivity index (χ4n) is 2.72. The molecule has 3 nitrogen and oxygen atoms in total. The molecular weight excluding hydrogens is 456 g/mol. The van der Waals surface area contributed by atoms with Crippen molar-refractivity contribution in [3.05, 3.63) is 100 Å². The number of rotatable bonds is 5. The second-order valence-electron chi connectivity index (χ2n) is 5.86. The average Bonchev–Trinajstić information content (AvgIpc) is 3.14. The summed E-state index contributed by atoms with van der Waals surface area (Å²) in [6, 6.07) is 26.4. The van der Waals surface area contributed by atoms with Crippen molar-refractivity contribution in [1.29, 1.82) is 0 Å². The van der Waals surface area contributed by atoms with Crippen molar-refractivity contribution in [3.8, 4) is 11.3 Å². The van der Waals surface area contributed by atoms with Gasteiger partial charge in [-0.05, 0) is 12.1 Å². The van der Waals surface area contributed by atoms with Crippen LogP contribution in [0, 0.1) is 0 Å². The van der Waals surface area contributed by atoms with Gasteiger partial charge in [0.25, 0.3) is 0 Å². The van der Waals surface area contributed by atoms with Crippen molar-refractivity contribution in [2.75, 3.05) is 5.32 Å². The van der Waals surface area contributed by atoms with Crippen LogP contribution in [0.5, 0.6) is 0 Å². The van der Waals surface area contributed by atoms with Gasteiger partial charge in [-0.3, -0.25) is 4.79 Å². The van der Waals surface area contributed by atoms with Gasteiger partial charge in [0, 0.05) is 11.1 Å². The number of thiazole rings is 1. The molecule has 0 bridgehead atoms. The molecule has 0 aliphatic carbocycles. The van der Waals surface area contributed by atoms with Crippen molar-refractivity contribution >= 4 is 56.5 Å². The van der Waals surface area contributed by atoms with E-state index in [2.05, 4.69) is 5.32 Å². The maximum atomic E-state index is 13.1. The summed E-state index contributed by atoms with van der Waals surface area (Å²) in [5.74, 6) is -0.0424. The van der Waals surface area contributed by atoms with Crippen molar-refractivity contribution in [3.63, 3.8) is 0 Å². The van der Waals surface area contributed by atoms with Crippen LogP contribution in [0.3, 0.4) is 0 Å². The van der Waals surface area contributed by atoms with Gasteiger partial charge in [-0.15, -0.1) is 17.0 Å². The molecule has 0 amide bonds. The number of halogens is 2. The highest BCUT2D eigenvalue weighted by atomic mass is 79.9.